The van der Waals surface area contributed by atoms with Gasteiger partial charge < -0.3 is 24.2 Å². The number of benzene rings is 2. The van der Waals surface area contributed by atoms with Crippen LogP contribution in [0.5, 0.6) is 0 Å². The van der Waals surface area contributed by atoms with E-state index in [4.69, 9.17) is 14.2 Å². The fourth-order valence-electron chi connectivity index (χ4n) is 6.77. The second kappa shape index (κ2) is 12.6. The third kappa shape index (κ3) is 6.51. The highest BCUT2D eigenvalue weighted by Gasteiger charge is 2.51. The molecule has 2 fully saturated rings. The number of carboxylic acid groups (broad SMARTS) is 1. The lowest BCUT2D eigenvalue weighted by Gasteiger charge is -2.46. The number of rotatable bonds is 7. The smallest absolute Gasteiger partial charge is 0.410 e. The molecule has 2 aromatic rings. The Kier molecular flexibility index (Phi) is 9.02. The Morgan fingerprint density at radius 3 is 2.00 bits per heavy atom. The molecule has 1 N–H and O–H groups in total. The van der Waals surface area contributed by atoms with E-state index in [1.54, 1.807) is 11.8 Å². The maximum atomic E-state index is 14.0. The molecule has 2 amide bonds. The number of amides is 2. The van der Waals surface area contributed by atoms with E-state index >= 15 is 0 Å². The molecule has 9 heteroatoms. The van der Waals surface area contributed by atoms with Gasteiger partial charge in [0.2, 0.25) is 0 Å². The first-order valence-corrected chi connectivity index (χ1v) is 15.4. The van der Waals surface area contributed by atoms with E-state index in [-0.39, 0.29) is 30.9 Å². The molecular weight excluding hydrogens is 548 g/mol. The van der Waals surface area contributed by atoms with E-state index in [0.717, 1.165) is 35.1 Å². The van der Waals surface area contributed by atoms with Gasteiger partial charge in [0, 0.05) is 38.8 Å². The van der Waals surface area contributed by atoms with Crippen LogP contribution in [0.4, 0.5) is 9.59 Å². The van der Waals surface area contributed by atoms with Crippen molar-refractivity contribution in [3.05, 3.63) is 59.7 Å². The van der Waals surface area contributed by atoms with Crippen LogP contribution in [0.15, 0.2) is 48.5 Å². The molecule has 3 aliphatic rings. The Labute approximate surface area is 254 Å². The van der Waals surface area contributed by atoms with Crippen LogP contribution < -0.4 is 0 Å². The Morgan fingerprint density at radius 1 is 0.907 bits per heavy atom. The number of ether oxygens (including phenoxy) is 3. The minimum Gasteiger partial charge on any atom is -0.479 e. The monoisotopic (exact) mass is 592 g/mol. The van der Waals surface area contributed by atoms with E-state index in [1.165, 1.54) is 4.90 Å². The third-order valence-electron chi connectivity index (χ3n) is 9.27. The largest absolute Gasteiger partial charge is 0.479 e. The summed E-state index contributed by atoms with van der Waals surface area (Å²) in [4.78, 5) is 42.9. The summed E-state index contributed by atoms with van der Waals surface area (Å²) in [6.07, 6.45) is 1.35. The average Bonchev–Trinajstić information content (AvgIpc) is 3.31. The molecule has 0 radical (unpaired) electrons. The number of aliphatic carboxylic acids is 1. The number of likely N-dealkylation sites (tertiary alicyclic amines) is 1. The zero-order valence-electron chi connectivity index (χ0n) is 25.7. The van der Waals surface area contributed by atoms with Gasteiger partial charge in [-0.3, -0.25) is 4.90 Å². The highest BCUT2D eigenvalue weighted by Crippen LogP contribution is 2.45. The minimum atomic E-state index is -1.51. The summed E-state index contributed by atoms with van der Waals surface area (Å²) in [5, 5.41) is 10.7. The van der Waals surface area contributed by atoms with E-state index in [9.17, 15) is 19.5 Å². The molecule has 2 heterocycles. The van der Waals surface area contributed by atoms with Gasteiger partial charge in [-0.2, -0.15) is 0 Å². The molecular formula is C34H44N2O7. The SMILES string of the molecule is CC(C)(C)OC(=O)N1CCC(C(C)(C(=O)O)N(CC2CCOCC2)C(=O)OCC2c3ccccc3-c3ccccc32)CC1. The lowest BCUT2D eigenvalue weighted by Crippen LogP contribution is -2.62. The Hall–Kier alpha value is -3.59. The fourth-order valence-corrected chi connectivity index (χ4v) is 6.77. The first-order valence-electron chi connectivity index (χ1n) is 15.4. The molecule has 0 bridgehead atoms. The Bertz CT molecular complexity index is 1280. The van der Waals surface area contributed by atoms with Crippen LogP contribution in [0, 0.1) is 11.8 Å². The summed E-state index contributed by atoms with van der Waals surface area (Å²) >= 11 is 0. The van der Waals surface area contributed by atoms with Gasteiger partial charge in [0.05, 0.1) is 0 Å². The maximum Gasteiger partial charge on any atom is 0.410 e. The molecule has 1 unspecified atom stereocenters. The number of piperidine rings is 1. The molecule has 2 aliphatic heterocycles. The quantitative estimate of drug-likeness (QED) is 0.411. The van der Waals surface area contributed by atoms with Gasteiger partial charge in [-0.1, -0.05) is 48.5 Å². The summed E-state index contributed by atoms with van der Waals surface area (Å²) < 4.78 is 17.1. The predicted octanol–water partition coefficient (Wildman–Crippen LogP) is 6.15. The van der Waals surface area contributed by atoms with Crippen LogP contribution >= 0.6 is 0 Å². The van der Waals surface area contributed by atoms with Gasteiger partial charge in [-0.25, -0.2) is 14.4 Å². The molecule has 232 valence electrons. The topological polar surface area (TPSA) is 106 Å². The van der Waals surface area contributed by atoms with Crippen molar-refractivity contribution < 1.29 is 33.7 Å². The number of fused-ring (bicyclic) bond motifs is 3. The van der Waals surface area contributed by atoms with Gasteiger partial charge in [-0.05, 0) is 87.5 Å². The molecule has 2 aromatic carbocycles. The number of nitrogens with zero attached hydrogens (tertiary/aromatic N) is 2. The van der Waals surface area contributed by atoms with Crippen molar-refractivity contribution in [2.24, 2.45) is 11.8 Å². The number of hydrogen-bond donors (Lipinski definition) is 1. The number of carboxylic acids is 1. The summed E-state index contributed by atoms with van der Waals surface area (Å²) in [6, 6.07) is 16.3. The van der Waals surface area contributed by atoms with E-state index in [1.807, 2.05) is 45.0 Å². The lowest BCUT2D eigenvalue weighted by atomic mass is 9.77. The van der Waals surface area contributed by atoms with Crippen LogP contribution in [0.2, 0.25) is 0 Å². The Morgan fingerprint density at radius 2 is 1.47 bits per heavy atom. The van der Waals surface area contributed by atoms with Crippen LogP contribution in [0.1, 0.15) is 70.4 Å². The molecule has 0 saturated carbocycles. The fraction of sp³-hybridized carbons (Fsp3) is 0.559. The summed E-state index contributed by atoms with van der Waals surface area (Å²) in [6.45, 7) is 9.38. The van der Waals surface area contributed by atoms with Crippen molar-refractivity contribution in [1.29, 1.82) is 0 Å². The summed E-state index contributed by atoms with van der Waals surface area (Å²) in [7, 11) is 0. The average molecular weight is 593 g/mol. The normalized spacial score (nSPS) is 19.2. The van der Waals surface area contributed by atoms with Crippen LogP contribution in [-0.4, -0.2) is 83.7 Å². The van der Waals surface area contributed by atoms with Gasteiger partial charge in [-0.15, -0.1) is 0 Å². The molecule has 43 heavy (non-hydrogen) atoms. The standard InChI is InChI=1S/C34H44N2O7/c1-33(2,3)43-31(39)35-17-13-24(14-18-35)34(4,30(37)38)36(21-23-15-19-41-20-16-23)32(40)42-22-29-27-11-7-5-9-25(27)26-10-6-8-12-28(26)29/h5-12,23-24,29H,13-22H2,1-4H3,(H,37,38). The van der Waals surface area contributed by atoms with Crippen LogP contribution in [0.25, 0.3) is 11.1 Å². The zero-order valence-corrected chi connectivity index (χ0v) is 25.7. The maximum absolute atomic E-state index is 14.0. The second-order valence-corrected chi connectivity index (χ2v) is 13.2. The third-order valence-corrected chi connectivity index (χ3v) is 9.27. The summed E-state index contributed by atoms with van der Waals surface area (Å²) in [5.74, 6) is -1.46. The van der Waals surface area contributed by atoms with E-state index < -0.39 is 29.3 Å². The van der Waals surface area contributed by atoms with E-state index in [2.05, 4.69) is 24.3 Å². The van der Waals surface area contributed by atoms with Crippen LogP contribution in [0.3, 0.4) is 0 Å². The van der Waals surface area contributed by atoms with Crippen molar-refractivity contribution >= 4 is 18.2 Å². The first kappa shape index (κ1) is 30.9. The first-order chi connectivity index (χ1) is 20.5. The van der Waals surface area contributed by atoms with Crippen molar-refractivity contribution in [2.75, 3.05) is 39.5 Å². The van der Waals surface area contributed by atoms with Crippen molar-refractivity contribution in [3.63, 3.8) is 0 Å². The predicted molar refractivity (Wildman–Crippen MR) is 162 cm³/mol. The molecule has 0 aromatic heterocycles. The molecule has 5 rings (SSSR count). The van der Waals surface area contributed by atoms with Crippen LogP contribution in [-0.2, 0) is 19.0 Å². The molecule has 1 aliphatic carbocycles. The highest BCUT2D eigenvalue weighted by molar-refractivity contribution is 5.85. The number of carbonyl (C=O) groups excluding carboxylic acids is 2. The second-order valence-electron chi connectivity index (χ2n) is 13.2. The van der Waals surface area contributed by atoms with Gasteiger partial charge >= 0.3 is 18.2 Å². The highest BCUT2D eigenvalue weighted by atomic mass is 16.6. The van der Waals surface area contributed by atoms with Gasteiger partial charge in [0.1, 0.15) is 17.7 Å². The lowest BCUT2D eigenvalue weighted by molar-refractivity contribution is -0.155. The molecule has 0 spiro atoms. The molecule has 2 saturated heterocycles. The van der Waals surface area contributed by atoms with E-state index in [0.29, 0.717) is 39.1 Å². The van der Waals surface area contributed by atoms with Crippen molar-refractivity contribution in [3.8, 4) is 11.1 Å². The molecule has 9 nitrogen and oxygen atoms in total. The minimum absolute atomic E-state index is 0.106. The van der Waals surface area contributed by atoms with Gasteiger partial charge in [0.25, 0.3) is 0 Å². The van der Waals surface area contributed by atoms with Gasteiger partial charge in [0.15, 0.2) is 0 Å². The molecule has 1 atom stereocenters. The Balaban J connectivity index is 1.36. The summed E-state index contributed by atoms with van der Waals surface area (Å²) in [5.41, 5.74) is 2.33. The van der Waals surface area contributed by atoms with Crippen molar-refractivity contribution in [1.82, 2.24) is 9.80 Å². The number of carbonyl (C=O) groups is 3. The zero-order chi connectivity index (χ0) is 30.8. The number of hydrogen-bond acceptors (Lipinski definition) is 6. The van der Waals surface area contributed by atoms with Crippen molar-refractivity contribution in [2.45, 2.75) is 70.4 Å².